The van der Waals surface area contributed by atoms with E-state index in [2.05, 4.69) is 24.1 Å². The maximum absolute atomic E-state index is 13.5. The van der Waals surface area contributed by atoms with Crippen LogP contribution in [0.2, 0.25) is 0 Å². The average molecular weight is 225 g/mol. The fourth-order valence-corrected chi connectivity index (χ4v) is 1.14. The van der Waals surface area contributed by atoms with Gasteiger partial charge in [-0.1, -0.05) is 0 Å². The van der Waals surface area contributed by atoms with Crippen LogP contribution in [-0.4, -0.2) is 31.1 Å². The minimum Gasteiger partial charge on any atom is -0.399 e. The Labute approximate surface area is 96.4 Å². The van der Waals surface area contributed by atoms with E-state index in [4.69, 9.17) is 5.73 Å². The fourth-order valence-electron chi connectivity index (χ4n) is 1.14. The molecule has 1 rings (SSSR count). The van der Waals surface area contributed by atoms with E-state index in [1.165, 1.54) is 6.07 Å². The summed E-state index contributed by atoms with van der Waals surface area (Å²) in [6.07, 6.45) is 0. The van der Waals surface area contributed by atoms with Crippen molar-refractivity contribution in [1.29, 1.82) is 0 Å². The number of rotatable bonds is 4. The predicted molar refractivity (Wildman–Crippen MR) is 67.1 cm³/mol. The Balaban J connectivity index is 2.68. The monoisotopic (exact) mass is 225 g/mol. The summed E-state index contributed by atoms with van der Waals surface area (Å²) in [4.78, 5) is 2.09. The number of anilines is 2. The van der Waals surface area contributed by atoms with Gasteiger partial charge in [0.25, 0.3) is 0 Å². The summed E-state index contributed by atoms with van der Waals surface area (Å²) >= 11 is 0. The maximum Gasteiger partial charge on any atom is 0.148 e. The lowest BCUT2D eigenvalue weighted by molar-refractivity contribution is 0.210. The molecule has 1 aromatic carbocycles. The number of nitrogens with two attached hydrogens (primary N) is 1. The van der Waals surface area contributed by atoms with Crippen molar-refractivity contribution in [3.05, 3.63) is 24.0 Å². The largest absolute Gasteiger partial charge is 0.399 e. The lowest BCUT2D eigenvalue weighted by atomic mass is 10.0. The van der Waals surface area contributed by atoms with Crippen molar-refractivity contribution in [2.45, 2.75) is 19.4 Å². The van der Waals surface area contributed by atoms with Gasteiger partial charge in [-0.15, -0.1) is 0 Å². The number of nitrogen functional groups attached to an aromatic ring is 1. The van der Waals surface area contributed by atoms with Crippen LogP contribution in [0.25, 0.3) is 0 Å². The van der Waals surface area contributed by atoms with Crippen molar-refractivity contribution in [3.63, 3.8) is 0 Å². The highest BCUT2D eigenvalue weighted by atomic mass is 19.1. The molecule has 0 aliphatic rings. The van der Waals surface area contributed by atoms with Gasteiger partial charge in [-0.25, -0.2) is 4.39 Å². The number of hydrogen-bond acceptors (Lipinski definition) is 3. The number of nitrogens with one attached hydrogen (secondary N) is 1. The Morgan fingerprint density at radius 1 is 1.38 bits per heavy atom. The molecule has 0 unspecified atom stereocenters. The van der Waals surface area contributed by atoms with Crippen LogP contribution in [0.4, 0.5) is 15.8 Å². The van der Waals surface area contributed by atoms with Crippen LogP contribution < -0.4 is 11.1 Å². The highest BCUT2D eigenvalue weighted by molar-refractivity contribution is 5.52. The van der Waals surface area contributed by atoms with Crippen molar-refractivity contribution < 1.29 is 4.39 Å². The molecule has 0 aromatic heterocycles. The second-order valence-electron chi connectivity index (χ2n) is 4.80. The second kappa shape index (κ2) is 4.70. The zero-order valence-electron chi connectivity index (χ0n) is 10.3. The molecule has 0 saturated carbocycles. The van der Waals surface area contributed by atoms with E-state index in [-0.39, 0.29) is 11.4 Å². The molecule has 0 spiro atoms. The van der Waals surface area contributed by atoms with E-state index >= 15 is 0 Å². The fraction of sp³-hybridized carbons (Fsp3) is 0.500. The van der Waals surface area contributed by atoms with Crippen LogP contribution in [0, 0.1) is 5.82 Å². The Morgan fingerprint density at radius 2 is 2.00 bits per heavy atom. The van der Waals surface area contributed by atoms with Gasteiger partial charge >= 0.3 is 0 Å². The average Bonchev–Trinajstić information content (AvgIpc) is 2.16. The van der Waals surface area contributed by atoms with E-state index in [0.29, 0.717) is 17.9 Å². The Bertz CT molecular complexity index is 361. The molecule has 0 aliphatic carbocycles. The molecule has 16 heavy (non-hydrogen) atoms. The van der Waals surface area contributed by atoms with Crippen LogP contribution in [0.15, 0.2) is 18.2 Å². The van der Waals surface area contributed by atoms with Gasteiger partial charge in [0, 0.05) is 17.8 Å². The Morgan fingerprint density at radius 3 is 2.50 bits per heavy atom. The first-order valence-electron chi connectivity index (χ1n) is 5.29. The van der Waals surface area contributed by atoms with Crippen molar-refractivity contribution >= 4 is 11.4 Å². The molecule has 0 heterocycles. The molecule has 3 N–H and O–H groups in total. The third-order valence-corrected chi connectivity index (χ3v) is 2.92. The molecular weight excluding hydrogens is 205 g/mol. The summed E-state index contributed by atoms with van der Waals surface area (Å²) in [6, 6.07) is 4.68. The second-order valence-corrected chi connectivity index (χ2v) is 4.80. The standard InChI is InChI=1S/C12H20FN3/c1-12(2,16(3)4)8-15-11-6-5-9(14)7-10(11)13/h5-7,15H,8,14H2,1-4H3. The topological polar surface area (TPSA) is 41.3 Å². The van der Waals surface area contributed by atoms with Gasteiger partial charge in [0.1, 0.15) is 5.82 Å². The molecule has 0 atom stereocenters. The van der Waals surface area contributed by atoms with Crippen molar-refractivity contribution in [2.75, 3.05) is 31.7 Å². The molecule has 0 aliphatic heterocycles. The Hall–Kier alpha value is -1.29. The first kappa shape index (κ1) is 12.8. The molecular formula is C12H20FN3. The third-order valence-electron chi connectivity index (χ3n) is 2.92. The molecule has 0 saturated heterocycles. The van der Waals surface area contributed by atoms with Gasteiger partial charge in [-0.3, -0.25) is 0 Å². The SMILES string of the molecule is CN(C)C(C)(C)CNc1ccc(N)cc1F. The maximum atomic E-state index is 13.5. The lowest BCUT2D eigenvalue weighted by Crippen LogP contribution is -2.44. The van der Waals surface area contributed by atoms with Crippen LogP contribution in [0.3, 0.4) is 0 Å². The molecule has 0 radical (unpaired) electrons. The third kappa shape index (κ3) is 3.10. The summed E-state index contributed by atoms with van der Waals surface area (Å²) in [6.45, 7) is 4.85. The number of halogens is 1. The van der Waals surface area contributed by atoms with Gasteiger partial charge in [-0.2, -0.15) is 0 Å². The highest BCUT2D eigenvalue weighted by Gasteiger charge is 2.20. The number of nitrogens with zero attached hydrogens (tertiary/aromatic N) is 1. The smallest absolute Gasteiger partial charge is 0.148 e. The van der Waals surface area contributed by atoms with E-state index in [1.807, 2.05) is 14.1 Å². The molecule has 1 aromatic rings. The van der Waals surface area contributed by atoms with Crippen LogP contribution in [-0.2, 0) is 0 Å². The van der Waals surface area contributed by atoms with Gasteiger partial charge in [0.2, 0.25) is 0 Å². The molecule has 0 bridgehead atoms. The van der Waals surface area contributed by atoms with Crippen molar-refractivity contribution in [3.8, 4) is 0 Å². The minimum absolute atomic E-state index is 0.0339. The minimum atomic E-state index is -0.311. The van der Waals surface area contributed by atoms with Crippen LogP contribution in [0.1, 0.15) is 13.8 Å². The summed E-state index contributed by atoms with van der Waals surface area (Å²) in [5.74, 6) is -0.311. The summed E-state index contributed by atoms with van der Waals surface area (Å²) in [5.41, 5.74) is 6.38. The van der Waals surface area contributed by atoms with E-state index in [1.54, 1.807) is 12.1 Å². The van der Waals surface area contributed by atoms with Crippen LogP contribution in [0.5, 0.6) is 0 Å². The number of hydrogen-bond donors (Lipinski definition) is 2. The van der Waals surface area contributed by atoms with Gasteiger partial charge in [0.15, 0.2) is 0 Å². The first-order valence-corrected chi connectivity index (χ1v) is 5.29. The quantitative estimate of drug-likeness (QED) is 0.772. The van der Waals surface area contributed by atoms with Gasteiger partial charge in [-0.05, 0) is 46.1 Å². The van der Waals surface area contributed by atoms with Crippen LogP contribution >= 0.6 is 0 Å². The Kier molecular flexibility index (Phi) is 3.75. The van der Waals surface area contributed by atoms with Crippen molar-refractivity contribution in [2.24, 2.45) is 0 Å². The molecule has 4 heteroatoms. The summed E-state index contributed by atoms with van der Waals surface area (Å²) in [5, 5.41) is 3.09. The normalized spacial score (nSPS) is 11.9. The van der Waals surface area contributed by atoms with E-state index < -0.39 is 0 Å². The van der Waals surface area contributed by atoms with E-state index in [0.717, 1.165) is 0 Å². The predicted octanol–water partition coefficient (Wildman–Crippen LogP) is 2.16. The van der Waals surface area contributed by atoms with Gasteiger partial charge < -0.3 is 16.0 Å². The molecule has 0 amide bonds. The van der Waals surface area contributed by atoms with E-state index in [9.17, 15) is 4.39 Å². The number of likely N-dealkylation sites (N-methyl/N-ethyl adjacent to an activating group) is 1. The van der Waals surface area contributed by atoms with Gasteiger partial charge in [0.05, 0.1) is 5.69 Å². The highest BCUT2D eigenvalue weighted by Crippen LogP contribution is 2.18. The zero-order valence-corrected chi connectivity index (χ0v) is 10.3. The molecule has 90 valence electrons. The summed E-state index contributed by atoms with van der Waals surface area (Å²) in [7, 11) is 4.00. The molecule has 0 fully saturated rings. The first-order chi connectivity index (χ1) is 7.33. The lowest BCUT2D eigenvalue weighted by Gasteiger charge is -2.33. The molecule has 3 nitrogen and oxygen atoms in total. The van der Waals surface area contributed by atoms with Crippen molar-refractivity contribution in [1.82, 2.24) is 4.90 Å². The summed E-state index contributed by atoms with van der Waals surface area (Å²) < 4.78 is 13.5. The number of benzene rings is 1. The zero-order chi connectivity index (χ0) is 12.3.